The summed E-state index contributed by atoms with van der Waals surface area (Å²) in [5, 5.41) is 12.0. The van der Waals surface area contributed by atoms with Gasteiger partial charge in [-0.1, -0.05) is 12.1 Å². The Morgan fingerprint density at radius 3 is 2.62 bits per heavy atom. The largest absolute Gasteiger partial charge is 0.488 e. The van der Waals surface area contributed by atoms with Gasteiger partial charge in [-0.25, -0.2) is 4.79 Å². The second-order valence-corrected chi connectivity index (χ2v) is 6.81. The molecule has 0 atom stereocenters. The Bertz CT molecular complexity index is 539. The van der Waals surface area contributed by atoms with Crippen LogP contribution in [0, 0.1) is 0 Å². The molecule has 0 bridgehead atoms. The van der Waals surface area contributed by atoms with Gasteiger partial charge in [-0.15, -0.1) is 0 Å². The minimum Gasteiger partial charge on any atom is -0.488 e. The Morgan fingerprint density at radius 1 is 1.17 bits per heavy atom. The molecule has 0 heterocycles. The van der Waals surface area contributed by atoms with Crippen LogP contribution in [-0.4, -0.2) is 41.3 Å². The fourth-order valence-corrected chi connectivity index (χ4v) is 3.28. The van der Waals surface area contributed by atoms with Gasteiger partial charge >= 0.3 is 6.03 Å². The molecule has 2 N–H and O–H groups in total. The van der Waals surface area contributed by atoms with Crippen LogP contribution in [0.1, 0.15) is 51.4 Å². The number of aliphatic hydroxyl groups excluding tert-OH is 1. The van der Waals surface area contributed by atoms with Crippen LogP contribution < -0.4 is 10.1 Å². The van der Waals surface area contributed by atoms with Crippen LogP contribution >= 0.6 is 0 Å². The molecule has 0 aliphatic heterocycles. The maximum atomic E-state index is 12.7. The average molecular weight is 332 g/mol. The third-order valence-electron chi connectivity index (χ3n) is 4.78. The number of rotatable bonds is 8. The summed E-state index contributed by atoms with van der Waals surface area (Å²) in [5.74, 6) is 0.767. The zero-order valence-electron chi connectivity index (χ0n) is 14.2. The van der Waals surface area contributed by atoms with Gasteiger partial charge in [0.1, 0.15) is 5.75 Å². The van der Waals surface area contributed by atoms with E-state index in [1.165, 1.54) is 12.8 Å². The van der Waals surface area contributed by atoms with Gasteiger partial charge in [0.05, 0.1) is 11.8 Å². The van der Waals surface area contributed by atoms with Crippen LogP contribution in [0.2, 0.25) is 0 Å². The van der Waals surface area contributed by atoms with Crippen molar-refractivity contribution in [2.24, 2.45) is 0 Å². The number of nitrogens with zero attached hydrogens (tertiary/aromatic N) is 1. The molecule has 5 heteroatoms. The molecule has 132 valence electrons. The number of carbonyl (C=O) groups excluding carboxylic acids is 1. The third kappa shape index (κ3) is 4.63. The number of aliphatic hydroxyl groups is 1. The molecular formula is C19H28N2O3. The summed E-state index contributed by atoms with van der Waals surface area (Å²) >= 11 is 0. The molecule has 0 aromatic heterocycles. The lowest BCUT2D eigenvalue weighted by atomic mass is 10.2. The van der Waals surface area contributed by atoms with E-state index < -0.39 is 0 Å². The lowest BCUT2D eigenvalue weighted by Gasteiger charge is -2.24. The van der Waals surface area contributed by atoms with Crippen molar-refractivity contribution in [3.05, 3.63) is 24.3 Å². The standard InChI is InChI=1S/C19H28N2O3/c22-14-6-5-13-21(15-11-12-15)19(23)20-17-9-3-4-10-18(17)24-16-7-1-2-8-16/h3-4,9-10,15-16,22H,1-2,5-8,11-14H2,(H,20,23). The normalized spacial score (nSPS) is 17.7. The molecule has 5 nitrogen and oxygen atoms in total. The molecule has 2 amide bonds. The van der Waals surface area contributed by atoms with Gasteiger partial charge in [-0.2, -0.15) is 0 Å². The van der Waals surface area contributed by atoms with Crippen molar-refractivity contribution in [1.29, 1.82) is 0 Å². The lowest BCUT2D eigenvalue weighted by Crippen LogP contribution is -2.37. The molecule has 1 aromatic carbocycles. The van der Waals surface area contributed by atoms with Crippen LogP contribution in [0.25, 0.3) is 0 Å². The van der Waals surface area contributed by atoms with Crippen molar-refractivity contribution in [1.82, 2.24) is 4.90 Å². The second-order valence-electron chi connectivity index (χ2n) is 6.81. The van der Waals surface area contributed by atoms with Crippen molar-refractivity contribution in [3.63, 3.8) is 0 Å². The third-order valence-corrected chi connectivity index (χ3v) is 4.78. The van der Waals surface area contributed by atoms with E-state index in [1.54, 1.807) is 0 Å². The fourth-order valence-electron chi connectivity index (χ4n) is 3.28. The fraction of sp³-hybridized carbons (Fsp3) is 0.632. The molecule has 0 spiro atoms. The maximum absolute atomic E-state index is 12.7. The molecule has 0 unspecified atom stereocenters. The number of nitrogens with one attached hydrogen (secondary N) is 1. The Hall–Kier alpha value is -1.75. The number of ether oxygens (including phenoxy) is 1. The molecule has 3 rings (SSSR count). The highest BCUT2D eigenvalue weighted by atomic mass is 16.5. The second kappa shape index (κ2) is 8.38. The summed E-state index contributed by atoms with van der Waals surface area (Å²) in [7, 11) is 0. The lowest BCUT2D eigenvalue weighted by molar-refractivity contribution is 0.201. The summed E-state index contributed by atoms with van der Waals surface area (Å²) in [6, 6.07) is 8.00. The Balaban J connectivity index is 1.62. The predicted molar refractivity (Wildman–Crippen MR) is 94.4 cm³/mol. The molecule has 0 saturated heterocycles. The zero-order chi connectivity index (χ0) is 16.8. The van der Waals surface area contributed by atoms with Crippen molar-refractivity contribution in [2.45, 2.75) is 63.5 Å². The number of amides is 2. The monoisotopic (exact) mass is 332 g/mol. The van der Waals surface area contributed by atoms with Crippen LogP contribution in [-0.2, 0) is 0 Å². The predicted octanol–water partition coefficient (Wildman–Crippen LogP) is 3.78. The van der Waals surface area contributed by atoms with Gasteiger partial charge in [0.15, 0.2) is 0 Å². The number of hydrogen-bond acceptors (Lipinski definition) is 3. The van der Waals surface area contributed by atoms with E-state index in [0.717, 1.165) is 50.0 Å². The van der Waals surface area contributed by atoms with Gasteiger partial charge in [-0.05, 0) is 63.5 Å². The first-order valence-corrected chi connectivity index (χ1v) is 9.22. The minimum absolute atomic E-state index is 0.0575. The van der Waals surface area contributed by atoms with Crippen molar-refractivity contribution in [2.75, 3.05) is 18.5 Å². The van der Waals surface area contributed by atoms with E-state index in [4.69, 9.17) is 9.84 Å². The zero-order valence-corrected chi connectivity index (χ0v) is 14.2. The van der Waals surface area contributed by atoms with Crippen molar-refractivity contribution in [3.8, 4) is 5.75 Å². The molecule has 24 heavy (non-hydrogen) atoms. The van der Waals surface area contributed by atoms with Gasteiger partial charge in [-0.3, -0.25) is 0 Å². The van der Waals surface area contributed by atoms with Gasteiger partial charge < -0.3 is 20.1 Å². The van der Waals surface area contributed by atoms with E-state index in [9.17, 15) is 4.79 Å². The Morgan fingerprint density at radius 2 is 1.92 bits per heavy atom. The Kier molecular flexibility index (Phi) is 5.96. The molecule has 0 radical (unpaired) electrons. The van der Waals surface area contributed by atoms with Gasteiger partial charge in [0, 0.05) is 19.2 Å². The summed E-state index contributed by atoms with van der Waals surface area (Å²) in [5.41, 5.74) is 0.752. The Labute approximate surface area is 144 Å². The van der Waals surface area contributed by atoms with E-state index in [-0.39, 0.29) is 18.7 Å². The SMILES string of the molecule is O=C(Nc1ccccc1OC1CCCC1)N(CCCCO)C1CC1. The van der Waals surface area contributed by atoms with Crippen LogP contribution in [0.5, 0.6) is 5.75 Å². The highest BCUT2D eigenvalue weighted by Gasteiger charge is 2.32. The molecule has 1 aromatic rings. The van der Waals surface area contributed by atoms with Crippen LogP contribution in [0.15, 0.2) is 24.3 Å². The van der Waals surface area contributed by atoms with Crippen molar-refractivity contribution >= 4 is 11.7 Å². The molecule has 2 aliphatic rings. The quantitative estimate of drug-likeness (QED) is 0.712. The molecule has 2 saturated carbocycles. The number of hydrogen-bond donors (Lipinski definition) is 2. The van der Waals surface area contributed by atoms with Crippen LogP contribution in [0.3, 0.4) is 0 Å². The number of unbranched alkanes of at least 4 members (excludes halogenated alkanes) is 1. The van der Waals surface area contributed by atoms with Gasteiger partial charge in [0.25, 0.3) is 0 Å². The number of anilines is 1. The minimum atomic E-state index is -0.0575. The summed E-state index contributed by atoms with van der Waals surface area (Å²) < 4.78 is 6.10. The van der Waals surface area contributed by atoms with Gasteiger partial charge in [0.2, 0.25) is 0 Å². The molecular weight excluding hydrogens is 304 g/mol. The highest BCUT2D eigenvalue weighted by Crippen LogP contribution is 2.31. The number of para-hydroxylation sites is 2. The molecule has 2 aliphatic carbocycles. The number of carbonyl (C=O) groups is 1. The maximum Gasteiger partial charge on any atom is 0.322 e. The topological polar surface area (TPSA) is 61.8 Å². The van der Waals surface area contributed by atoms with E-state index in [1.807, 2.05) is 29.2 Å². The first kappa shape index (κ1) is 17.1. The van der Waals surface area contributed by atoms with E-state index in [2.05, 4.69) is 5.32 Å². The van der Waals surface area contributed by atoms with E-state index >= 15 is 0 Å². The summed E-state index contributed by atoms with van der Waals surface area (Å²) in [4.78, 5) is 14.6. The molecule has 2 fully saturated rings. The number of benzene rings is 1. The van der Waals surface area contributed by atoms with E-state index in [0.29, 0.717) is 12.6 Å². The average Bonchev–Trinajstić information content (AvgIpc) is 3.29. The smallest absolute Gasteiger partial charge is 0.322 e. The number of urea groups is 1. The van der Waals surface area contributed by atoms with Crippen molar-refractivity contribution < 1.29 is 14.6 Å². The highest BCUT2D eigenvalue weighted by molar-refractivity contribution is 5.91. The summed E-state index contributed by atoms with van der Waals surface area (Å²) in [6.07, 6.45) is 8.62. The first-order valence-electron chi connectivity index (χ1n) is 9.22. The summed E-state index contributed by atoms with van der Waals surface area (Å²) in [6.45, 7) is 0.876. The first-order chi connectivity index (χ1) is 11.8. The van der Waals surface area contributed by atoms with Crippen LogP contribution in [0.4, 0.5) is 10.5 Å².